The Labute approximate surface area is 166 Å². The lowest BCUT2D eigenvalue weighted by atomic mass is 10.1. The summed E-state index contributed by atoms with van der Waals surface area (Å²) in [5.41, 5.74) is 1.21. The van der Waals surface area contributed by atoms with Crippen LogP contribution in [0.25, 0.3) is 0 Å². The number of hydrogen-bond donors (Lipinski definition) is 3. The molecule has 0 fully saturated rings. The maximum absolute atomic E-state index is 13.6. The molecule has 0 aliphatic carbocycles. The standard InChI is InChI=1S/C20H20F2N6O/c1-13-2-5-17(25-12-13)26-19-7-6-18(27-28-19)23-8-9-24-20(29)10-14-3-4-15(21)11-16(14)22/h2-7,11-12H,8-10H2,1H3,(H,23,27)(H,24,29)(H,25,26,28). The van der Waals surface area contributed by atoms with E-state index in [9.17, 15) is 13.6 Å². The number of carbonyl (C=O) groups is 1. The van der Waals surface area contributed by atoms with Crippen LogP contribution in [-0.4, -0.2) is 34.2 Å². The molecule has 29 heavy (non-hydrogen) atoms. The van der Waals surface area contributed by atoms with E-state index in [-0.39, 0.29) is 17.9 Å². The number of carbonyl (C=O) groups excluding carboxylic acids is 1. The van der Waals surface area contributed by atoms with E-state index < -0.39 is 11.6 Å². The Morgan fingerprint density at radius 2 is 1.72 bits per heavy atom. The molecule has 7 nitrogen and oxygen atoms in total. The van der Waals surface area contributed by atoms with Crippen molar-refractivity contribution in [1.82, 2.24) is 20.5 Å². The fourth-order valence-corrected chi connectivity index (χ4v) is 2.46. The maximum atomic E-state index is 13.6. The third-order valence-electron chi connectivity index (χ3n) is 3.95. The molecule has 1 amide bonds. The Morgan fingerprint density at radius 3 is 2.41 bits per heavy atom. The lowest BCUT2D eigenvalue weighted by Crippen LogP contribution is -2.30. The molecule has 0 saturated carbocycles. The number of aromatic nitrogens is 3. The second kappa shape index (κ2) is 9.54. The predicted molar refractivity (Wildman–Crippen MR) is 106 cm³/mol. The van der Waals surface area contributed by atoms with Crippen LogP contribution >= 0.6 is 0 Å². The summed E-state index contributed by atoms with van der Waals surface area (Å²) in [4.78, 5) is 16.1. The molecule has 0 atom stereocenters. The van der Waals surface area contributed by atoms with E-state index in [1.165, 1.54) is 6.07 Å². The van der Waals surface area contributed by atoms with Gasteiger partial charge in [0.15, 0.2) is 5.82 Å². The van der Waals surface area contributed by atoms with Gasteiger partial charge in [-0.05, 0) is 42.3 Å². The van der Waals surface area contributed by atoms with Crippen LogP contribution < -0.4 is 16.0 Å². The molecule has 2 heterocycles. The number of pyridine rings is 1. The van der Waals surface area contributed by atoms with Crippen molar-refractivity contribution in [2.75, 3.05) is 23.7 Å². The van der Waals surface area contributed by atoms with Crippen LogP contribution in [0, 0.1) is 18.6 Å². The van der Waals surface area contributed by atoms with E-state index in [2.05, 4.69) is 31.1 Å². The SMILES string of the molecule is Cc1ccc(Nc2ccc(NCCNC(=O)Cc3ccc(F)cc3F)nn2)nc1. The number of aryl methyl sites for hydroxylation is 1. The van der Waals surface area contributed by atoms with Gasteiger partial charge in [0, 0.05) is 25.4 Å². The van der Waals surface area contributed by atoms with Gasteiger partial charge in [-0.15, -0.1) is 10.2 Å². The first-order valence-corrected chi connectivity index (χ1v) is 8.97. The maximum Gasteiger partial charge on any atom is 0.224 e. The van der Waals surface area contributed by atoms with E-state index in [1.807, 2.05) is 19.1 Å². The molecule has 3 N–H and O–H groups in total. The number of benzene rings is 1. The van der Waals surface area contributed by atoms with Crippen molar-refractivity contribution in [2.24, 2.45) is 0 Å². The average molecular weight is 398 g/mol. The summed E-state index contributed by atoms with van der Waals surface area (Å²) in [7, 11) is 0. The van der Waals surface area contributed by atoms with Gasteiger partial charge in [0.1, 0.15) is 23.3 Å². The van der Waals surface area contributed by atoms with Gasteiger partial charge in [-0.2, -0.15) is 0 Å². The molecule has 0 radical (unpaired) electrons. The third kappa shape index (κ3) is 6.20. The largest absolute Gasteiger partial charge is 0.367 e. The molecule has 0 bridgehead atoms. The molecule has 3 rings (SSSR count). The van der Waals surface area contributed by atoms with Gasteiger partial charge in [0.05, 0.1) is 6.42 Å². The lowest BCUT2D eigenvalue weighted by molar-refractivity contribution is -0.120. The number of amides is 1. The highest BCUT2D eigenvalue weighted by Crippen LogP contribution is 2.13. The zero-order valence-electron chi connectivity index (χ0n) is 15.7. The van der Waals surface area contributed by atoms with Crippen LogP contribution in [0.4, 0.5) is 26.2 Å². The first-order chi connectivity index (χ1) is 14.0. The predicted octanol–water partition coefficient (Wildman–Crippen LogP) is 2.97. The lowest BCUT2D eigenvalue weighted by Gasteiger charge is -2.09. The Morgan fingerprint density at radius 1 is 0.966 bits per heavy atom. The van der Waals surface area contributed by atoms with Crippen molar-refractivity contribution in [3.8, 4) is 0 Å². The van der Waals surface area contributed by atoms with E-state index >= 15 is 0 Å². The number of halogens is 2. The van der Waals surface area contributed by atoms with Crippen molar-refractivity contribution < 1.29 is 13.6 Å². The summed E-state index contributed by atoms with van der Waals surface area (Å²) in [6.45, 7) is 2.69. The van der Waals surface area contributed by atoms with Gasteiger partial charge < -0.3 is 16.0 Å². The molecule has 0 unspecified atom stereocenters. The Bertz CT molecular complexity index is 964. The number of hydrogen-bond acceptors (Lipinski definition) is 6. The van der Waals surface area contributed by atoms with E-state index in [0.29, 0.717) is 30.5 Å². The minimum absolute atomic E-state index is 0.147. The third-order valence-corrected chi connectivity index (χ3v) is 3.95. The van der Waals surface area contributed by atoms with E-state index in [1.54, 1.807) is 18.3 Å². The highest BCUT2D eigenvalue weighted by atomic mass is 19.1. The van der Waals surface area contributed by atoms with Gasteiger partial charge >= 0.3 is 0 Å². The zero-order chi connectivity index (χ0) is 20.6. The van der Waals surface area contributed by atoms with Gasteiger partial charge in [-0.3, -0.25) is 4.79 Å². The zero-order valence-corrected chi connectivity index (χ0v) is 15.7. The van der Waals surface area contributed by atoms with Gasteiger partial charge in [-0.1, -0.05) is 12.1 Å². The van der Waals surface area contributed by atoms with Gasteiger partial charge in [0.25, 0.3) is 0 Å². The average Bonchev–Trinajstić information content (AvgIpc) is 2.70. The summed E-state index contributed by atoms with van der Waals surface area (Å²) in [6, 6.07) is 10.4. The van der Waals surface area contributed by atoms with Crippen LogP contribution in [0.1, 0.15) is 11.1 Å². The molecule has 0 saturated heterocycles. The molecule has 0 aliphatic rings. The Hall–Kier alpha value is -3.62. The quantitative estimate of drug-likeness (QED) is 0.506. The Balaban J connectivity index is 1.40. The second-order valence-corrected chi connectivity index (χ2v) is 6.34. The summed E-state index contributed by atoms with van der Waals surface area (Å²) in [5.74, 6) is 0.0172. The molecule has 2 aromatic heterocycles. The molecule has 3 aromatic rings. The number of nitrogens with zero attached hydrogens (tertiary/aromatic N) is 3. The highest BCUT2D eigenvalue weighted by molar-refractivity contribution is 5.78. The molecule has 9 heteroatoms. The Kier molecular flexibility index (Phi) is 6.62. The minimum Gasteiger partial charge on any atom is -0.367 e. The van der Waals surface area contributed by atoms with Gasteiger partial charge in [-0.25, -0.2) is 13.8 Å². The second-order valence-electron chi connectivity index (χ2n) is 6.34. The van der Waals surface area contributed by atoms with Crippen LogP contribution in [0.5, 0.6) is 0 Å². The first kappa shape index (κ1) is 20.1. The first-order valence-electron chi connectivity index (χ1n) is 8.97. The molecular formula is C20H20F2N6O. The summed E-state index contributed by atoms with van der Waals surface area (Å²) >= 11 is 0. The summed E-state index contributed by atoms with van der Waals surface area (Å²) in [6.07, 6.45) is 1.60. The van der Waals surface area contributed by atoms with Crippen LogP contribution in [0.2, 0.25) is 0 Å². The summed E-state index contributed by atoms with van der Waals surface area (Å²) < 4.78 is 26.4. The van der Waals surface area contributed by atoms with Crippen molar-refractivity contribution >= 4 is 23.4 Å². The van der Waals surface area contributed by atoms with E-state index in [0.717, 1.165) is 17.7 Å². The van der Waals surface area contributed by atoms with Crippen LogP contribution in [-0.2, 0) is 11.2 Å². The smallest absolute Gasteiger partial charge is 0.224 e. The van der Waals surface area contributed by atoms with Crippen LogP contribution in [0.3, 0.4) is 0 Å². The van der Waals surface area contributed by atoms with E-state index in [4.69, 9.17) is 0 Å². The molecule has 150 valence electrons. The fraction of sp³-hybridized carbons (Fsp3) is 0.200. The molecule has 1 aromatic carbocycles. The number of anilines is 3. The summed E-state index contributed by atoms with van der Waals surface area (Å²) in [5, 5.41) is 16.8. The van der Waals surface area contributed by atoms with Gasteiger partial charge in [0.2, 0.25) is 5.91 Å². The molecule has 0 spiro atoms. The topological polar surface area (TPSA) is 91.8 Å². The van der Waals surface area contributed by atoms with Crippen LogP contribution in [0.15, 0.2) is 48.7 Å². The van der Waals surface area contributed by atoms with Crippen molar-refractivity contribution in [3.63, 3.8) is 0 Å². The number of nitrogens with one attached hydrogen (secondary N) is 3. The monoisotopic (exact) mass is 398 g/mol. The molecular weight excluding hydrogens is 378 g/mol. The normalized spacial score (nSPS) is 10.4. The van der Waals surface area contributed by atoms with Crippen molar-refractivity contribution in [1.29, 1.82) is 0 Å². The van der Waals surface area contributed by atoms with Crippen molar-refractivity contribution in [2.45, 2.75) is 13.3 Å². The fourth-order valence-electron chi connectivity index (χ4n) is 2.46. The van der Waals surface area contributed by atoms with Crippen molar-refractivity contribution in [3.05, 3.63) is 71.4 Å². The molecule has 0 aliphatic heterocycles. The number of rotatable bonds is 8. The minimum atomic E-state index is -0.733. The highest BCUT2D eigenvalue weighted by Gasteiger charge is 2.09.